The van der Waals surface area contributed by atoms with Crippen LogP contribution in [0.2, 0.25) is 5.02 Å². The van der Waals surface area contributed by atoms with E-state index < -0.39 is 11.8 Å². The maximum Gasteiger partial charge on any atom is 0.227 e. The Labute approximate surface area is 98.8 Å². The lowest BCUT2D eigenvalue weighted by Gasteiger charge is -2.10. The topological polar surface area (TPSA) is 72.2 Å². The second kappa shape index (κ2) is 5.51. The maximum absolute atomic E-state index is 11.6. The number of carbonyl (C=O) groups excluding carboxylic acids is 2. The fourth-order valence-electron chi connectivity index (χ4n) is 1.23. The molecule has 4 nitrogen and oxygen atoms in total. The van der Waals surface area contributed by atoms with Gasteiger partial charge in [-0.05, 0) is 18.2 Å². The number of anilines is 1. The Balaban J connectivity index is 2.60. The predicted molar refractivity (Wildman–Crippen MR) is 63.1 cm³/mol. The van der Waals surface area contributed by atoms with E-state index in [1.54, 1.807) is 31.2 Å². The first-order valence-electron chi connectivity index (χ1n) is 4.84. The van der Waals surface area contributed by atoms with Crippen molar-refractivity contribution < 1.29 is 9.59 Å². The number of amides is 2. The Morgan fingerprint density at radius 3 is 2.75 bits per heavy atom. The minimum Gasteiger partial charge on any atom is -0.370 e. The summed E-state index contributed by atoms with van der Waals surface area (Å²) in [5.74, 6) is -1.19. The molecule has 0 aliphatic rings. The highest BCUT2D eigenvalue weighted by Crippen LogP contribution is 2.16. The van der Waals surface area contributed by atoms with Crippen molar-refractivity contribution in [1.82, 2.24) is 0 Å². The molecule has 0 radical (unpaired) electrons. The number of hydrogen-bond donors (Lipinski definition) is 2. The van der Waals surface area contributed by atoms with E-state index in [2.05, 4.69) is 5.32 Å². The molecule has 1 aromatic rings. The van der Waals surface area contributed by atoms with Gasteiger partial charge in [-0.25, -0.2) is 0 Å². The summed E-state index contributed by atoms with van der Waals surface area (Å²) in [6.07, 6.45) is 0.0341. The third-order valence-electron chi connectivity index (χ3n) is 2.05. The van der Waals surface area contributed by atoms with Gasteiger partial charge in [-0.1, -0.05) is 24.6 Å². The van der Waals surface area contributed by atoms with Crippen LogP contribution in [0.3, 0.4) is 0 Å². The second-order valence-corrected chi connectivity index (χ2v) is 4.01. The zero-order chi connectivity index (χ0) is 12.1. The molecule has 1 unspecified atom stereocenters. The third-order valence-corrected chi connectivity index (χ3v) is 2.28. The van der Waals surface area contributed by atoms with Crippen LogP contribution >= 0.6 is 11.6 Å². The van der Waals surface area contributed by atoms with Crippen molar-refractivity contribution in [3.63, 3.8) is 0 Å². The van der Waals surface area contributed by atoms with Gasteiger partial charge in [0.25, 0.3) is 0 Å². The average Bonchev–Trinajstić information content (AvgIpc) is 2.16. The highest BCUT2D eigenvalue weighted by molar-refractivity contribution is 6.30. The lowest BCUT2D eigenvalue weighted by molar-refractivity contribution is -0.125. The lowest BCUT2D eigenvalue weighted by atomic mass is 10.1. The summed E-state index contributed by atoms with van der Waals surface area (Å²) in [4.78, 5) is 22.2. The Kier molecular flexibility index (Phi) is 4.31. The van der Waals surface area contributed by atoms with Crippen LogP contribution in [-0.4, -0.2) is 11.8 Å². The Morgan fingerprint density at radius 1 is 1.50 bits per heavy atom. The van der Waals surface area contributed by atoms with Gasteiger partial charge in [0, 0.05) is 23.0 Å². The molecular formula is C11H13ClN2O2. The van der Waals surface area contributed by atoms with E-state index in [0.717, 1.165) is 0 Å². The van der Waals surface area contributed by atoms with Crippen molar-refractivity contribution in [3.8, 4) is 0 Å². The number of rotatable bonds is 4. The molecule has 0 aromatic heterocycles. The highest BCUT2D eigenvalue weighted by Gasteiger charge is 2.15. The van der Waals surface area contributed by atoms with Gasteiger partial charge in [-0.3, -0.25) is 9.59 Å². The number of benzene rings is 1. The molecular weight excluding hydrogens is 228 g/mol. The second-order valence-electron chi connectivity index (χ2n) is 3.57. The first-order chi connectivity index (χ1) is 7.49. The minimum atomic E-state index is -0.492. The Bertz CT molecular complexity index is 407. The zero-order valence-corrected chi connectivity index (χ0v) is 9.62. The first kappa shape index (κ1) is 12.5. The van der Waals surface area contributed by atoms with Crippen molar-refractivity contribution in [2.75, 3.05) is 5.32 Å². The first-order valence-corrected chi connectivity index (χ1v) is 5.21. The van der Waals surface area contributed by atoms with Gasteiger partial charge in [0.1, 0.15) is 0 Å². The summed E-state index contributed by atoms with van der Waals surface area (Å²) >= 11 is 5.77. The van der Waals surface area contributed by atoms with E-state index in [1.807, 2.05) is 0 Å². The normalized spacial score (nSPS) is 11.9. The number of halogens is 1. The fourth-order valence-corrected chi connectivity index (χ4v) is 1.42. The number of nitrogens with two attached hydrogens (primary N) is 1. The molecule has 0 spiro atoms. The van der Waals surface area contributed by atoms with Crippen LogP contribution in [-0.2, 0) is 9.59 Å². The largest absolute Gasteiger partial charge is 0.370 e. The Hall–Kier alpha value is -1.55. The molecule has 0 fully saturated rings. The summed E-state index contributed by atoms with van der Waals surface area (Å²) < 4.78 is 0. The van der Waals surface area contributed by atoms with Crippen molar-refractivity contribution >= 4 is 29.1 Å². The fraction of sp³-hybridized carbons (Fsp3) is 0.273. The molecule has 0 aliphatic heterocycles. The molecule has 86 valence electrons. The molecule has 0 aliphatic carbocycles. The van der Waals surface area contributed by atoms with Crippen LogP contribution in [0.1, 0.15) is 13.3 Å². The molecule has 1 aromatic carbocycles. The van der Waals surface area contributed by atoms with E-state index in [1.165, 1.54) is 0 Å². The molecule has 3 N–H and O–H groups in total. The molecule has 5 heteroatoms. The summed E-state index contributed by atoms with van der Waals surface area (Å²) in [5.41, 5.74) is 5.61. The van der Waals surface area contributed by atoms with Gasteiger partial charge in [0.05, 0.1) is 0 Å². The van der Waals surface area contributed by atoms with Gasteiger partial charge in [0.15, 0.2) is 0 Å². The van der Waals surface area contributed by atoms with Gasteiger partial charge >= 0.3 is 0 Å². The summed E-state index contributed by atoms with van der Waals surface area (Å²) in [6.45, 7) is 1.64. The molecule has 16 heavy (non-hydrogen) atoms. The van der Waals surface area contributed by atoms with Gasteiger partial charge < -0.3 is 11.1 Å². The van der Waals surface area contributed by atoms with E-state index in [0.29, 0.717) is 10.7 Å². The van der Waals surface area contributed by atoms with Crippen molar-refractivity contribution in [1.29, 1.82) is 0 Å². The highest BCUT2D eigenvalue weighted by atomic mass is 35.5. The lowest BCUT2D eigenvalue weighted by Crippen LogP contribution is -2.25. The molecule has 0 saturated heterocycles. The number of primary amides is 1. The standard InChI is InChI=1S/C11H13ClN2O2/c1-7(5-10(13)15)11(16)14-9-4-2-3-8(12)6-9/h2-4,6-7H,5H2,1H3,(H2,13,15)(H,14,16). The SMILES string of the molecule is CC(CC(N)=O)C(=O)Nc1cccc(Cl)c1. The van der Waals surface area contributed by atoms with Gasteiger partial charge in [-0.15, -0.1) is 0 Å². The maximum atomic E-state index is 11.6. The van der Waals surface area contributed by atoms with Crippen molar-refractivity contribution in [2.24, 2.45) is 11.7 Å². The molecule has 1 rings (SSSR count). The van der Waals surface area contributed by atoms with E-state index in [4.69, 9.17) is 17.3 Å². The van der Waals surface area contributed by atoms with Crippen molar-refractivity contribution in [3.05, 3.63) is 29.3 Å². The van der Waals surface area contributed by atoms with Gasteiger partial charge in [-0.2, -0.15) is 0 Å². The summed E-state index contributed by atoms with van der Waals surface area (Å²) in [7, 11) is 0. The van der Waals surface area contributed by atoms with Crippen LogP contribution in [0, 0.1) is 5.92 Å². The van der Waals surface area contributed by atoms with E-state index in [9.17, 15) is 9.59 Å². The zero-order valence-electron chi connectivity index (χ0n) is 8.87. The Morgan fingerprint density at radius 2 is 2.19 bits per heavy atom. The molecule has 0 bridgehead atoms. The van der Waals surface area contributed by atoms with Gasteiger partial charge in [0.2, 0.25) is 11.8 Å². The monoisotopic (exact) mass is 240 g/mol. The smallest absolute Gasteiger partial charge is 0.227 e. The number of nitrogens with one attached hydrogen (secondary N) is 1. The average molecular weight is 241 g/mol. The van der Waals surface area contributed by atoms with Crippen LogP contribution in [0.5, 0.6) is 0 Å². The predicted octanol–water partition coefficient (Wildman–Crippen LogP) is 1.79. The van der Waals surface area contributed by atoms with E-state index in [-0.39, 0.29) is 12.3 Å². The number of hydrogen-bond acceptors (Lipinski definition) is 2. The van der Waals surface area contributed by atoms with Crippen LogP contribution in [0.25, 0.3) is 0 Å². The minimum absolute atomic E-state index is 0.0341. The summed E-state index contributed by atoms with van der Waals surface area (Å²) in [5, 5.41) is 3.20. The molecule has 1 atom stereocenters. The molecule has 2 amide bonds. The summed E-state index contributed by atoms with van der Waals surface area (Å²) in [6, 6.07) is 6.80. The quantitative estimate of drug-likeness (QED) is 0.842. The third kappa shape index (κ3) is 3.90. The van der Waals surface area contributed by atoms with Crippen LogP contribution < -0.4 is 11.1 Å². The number of carbonyl (C=O) groups is 2. The molecule has 0 heterocycles. The van der Waals surface area contributed by atoms with Crippen LogP contribution in [0.15, 0.2) is 24.3 Å². The van der Waals surface area contributed by atoms with E-state index >= 15 is 0 Å². The van der Waals surface area contributed by atoms with Crippen molar-refractivity contribution in [2.45, 2.75) is 13.3 Å². The van der Waals surface area contributed by atoms with Crippen LogP contribution in [0.4, 0.5) is 5.69 Å². The molecule has 0 saturated carbocycles.